The van der Waals surface area contributed by atoms with Crippen LogP contribution in [0.25, 0.3) is 0 Å². The fourth-order valence-electron chi connectivity index (χ4n) is 2.29. The van der Waals surface area contributed by atoms with Gasteiger partial charge in [-0.25, -0.2) is 0 Å². The maximum atomic E-state index is 13.0. The van der Waals surface area contributed by atoms with Crippen molar-refractivity contribution in [2.75, 3.05) is 0 Å². The van der Waals surface area contributed by atoms with Gasteiger partial charge in [0.05, 0.1) is 17.0 Å². The molecule has 21 heavy (non-hydrogen) atoms. The molecule has 1 heterocycles. The third-order valence-corrected chi connectivity index (χ3v) is 3.36. The van der Waals surface area contributed by atoms with Gasteiger partial charge in [0.1, 0.15) is 6.10 Å². The summed E-state index contributed by atoms with van der Waals surface area (Å²) in [6.07, 6.45) is -5.19. The Bertz CT molecular complexity index is 620. The summed E-state index contributed by atoms with van der Waals surface area (Å²) in [5.74, 6) is 0. The van der Waals surface area contributed by atoms with Crippen molar-refractivity contribution in [2.24, 2.45) is 0 Å². The molecule has 1 N–H and O–H groups in total. The molecule has 1 atom stereocenters. The third kappa shape index (κ3) is 3.10. The molecule has 0 aliphatic heterocycles. The van der Waals surface area contributed by atoms with Gasteiger partial charge < -0.3 is 5.11 Å². The first-order chi connectivity index (χ1) is 9.88. The zero-order valence-electron chi connectivity index (χ0n) is 11.9. The second-order valence-corrected chi connectivity index (χ2v) is 4.72. The summed E-state index contributed by atoms with van der Waals surface area (Å²) in [6.45, 7) is 4.22. The molecule has 0 saturated carbocycles. The van der Waals surface area contributed by atoms with E-state index < -0.39 is 17.8 Å². The SMILES string of the molecule is CCc1cc(C(O)c2ccccc2C(F)(F)F)n(CC)n1. The number of halogens is 3. The van der Waals surface area contributed by atoms with Crippen LogP contribution in [0.2, 0.25) is 0 Å². The van der Waals surface area contributed by atoms with Crippen LogP contribution in [-0.4, -0.2) is 14.9 Å². The molecule has 0 aliphatic carbocycles. The van der Waals surface area contributed by atoms with Gasteiger partial charge in [0.25, 0.3) is 0 Å². The normalized spacial score (nSPS) is 13.4. The summed E-state index contributed by atoms with van der Waals surface area (Å²) in [5, 5.41) is 14.7. The molecule has 3 nitrogen and oxygen atoms in total. The Hall–Kier alpha value is -1.82. The van der Waals surface area contributed by atoms with Crippen molar-refractivity contribution in [3.63, 3.8) is 0 Å². The Labute approximate surface area is 121 Å². The number of aliphatic hydroxyl groups excluding tert-OH is 1. The number of aliphatic hydroxyl groups is 1. The van der Waals surface area contributed by atoms with Crippen molar-refractivity contribution in [1.29, 1.82) is 0 Å². The maximum Gasteiger partial charge on any atom is 0.416 e. The van der Waals surface area contributed by atoms with E-state index in [9.17, 15) is 18.3 Å². The molecule has 0 fully saturated rings. The maximum absolute atomic E-state index is 13.0. The minimum atomic E-state index is -4.50. The fraction of sp³-hybridized carbons (Fsp3) is 0.400. The number of alkyl halides is 3. The number of aromatic nitrogens is 2. The second kappa shape index (κ2) is 5.89. The molecule has 2 aromatic rings. The van der Waals surface area contributed by atoms with Crippen LogP contribution in [-0.2, 0) is 19.1 Å². The first-order valence-electron chi connectivity index (χ1n) is 6.79. The van der Waals surface area contributed by atoms with Gasteiger partial charge in [-0.3, -0.25) is 4.68 Å². The molecule has 0 aliphatic rings. The molecule has 1 aromatic heterocycles. The lowest BCUT2D eigenvalue weighted by Crippen LogP contribution is -2.15. The fourth-order valence-corrected chi connectivity index (χ4v) is 2.29. The van der Waals surface area contributed by atoms with Crippen molar-refractivity contribution >= 4 is 0 Å². The first kappa shape index (κ1) is 15.6. The summed E-state index contributed by atoms with van der Waals surface area (Å²) < 4.78 is 40.7. The molecule has 0 amide bonds. The predicted octanol–water partition coefficient (Wildman–Crippen LogP) is 3.57. The van der Waals surface area contributed by atoms with E-state index in [4.69, 9.17) is 0 Å². The lowest BCUT2D eigenvalue weighted by molar-refractivity contribution is -0.139. The number of rotatable bonds is 4. The van der Waals surface area contributed by atoms with Gasteiger partial charge in [0, 0.05) is 6.54 Å². The molecule has 2 rings (SSSR count). The Kier molecular flexibility index (Phi) is 4.37. The Morgan fingerprint density at radius 3 is 2.48 bits per heavy atom. The molecule has 1 unspecified atom stereocenters. The van der Waals surface area contributed by atoms with E-state index in [-0.39, 0.29) is 5.56 Å². The highest BCUT2D eigenvalue weighted by Gasteiger charge is 2.35. The van der Waals surface area contributed by atoms with Crippen LogP contribution in [0.15, 0.2) is 30.3 Å². The Balaban J connectivity index is 2.50. The first-order valence-corrected chi connectivity index (χ1v) is 6.79. The lowest BCUT2D eigenvalue weighted by atomic mass is 9.99. The molecule has 6 heteroatoms. The smallest absolute Gasteiger partial charge is 0.382 e. The van der Waals surface area contributed by atoms with Gasteiger partial charge in [-0.15, -0.1) is 0 Å². The van der Waals surface area contributed by atoms with E-state index in [1.807, 2.05) is 13.8 Å². The van der Waals surface area contributed by atoms with E-state index in [2.05, 4.69) is 5.10 Å². The molecule has 1 aromatic carbocycles. The number of aryl methyl sites for hydroxylation is 2. The number of hydrogen-bond acceptors (Lipinski definition) is 2. The standard InChI is InChI=1S/C15H17F3N2O/c1-3-10-9-13(20(4-2)19-10)14(21)11-7-5-6-8-12(11)15(16,17)18/h5-9,14,21H,3-4H2,1-2H3. The lowest BCUT2D eigenvalue weighted by Gasteiger charge is -2.18. The Morgan fingerprint density at radius 2 is 1.90 bits per heavy atom. The molecule has 0 spiro atoms. The summed E-state index contributed by atoms with van der Waals surface area (Å²) in [7, 11) is 0. The molecule has 0 saturated heterocycles. The quantitative estimate of drug-likeness (QED) is 0.937. The van der Waals surface area contributed by atoms with Crippen LogP contribution in [0.1, 0.15) is 42.5 Å². The van der Waals surface area contributed by atoms with Crippen LogP contribution in [0.4, 0.5) is 13.2 Å². The van der Waals surface area contributed by atoms with Gasteiger partial charge in [-0.2, -0.15) is 18.3 Å². The molecule has 114 valence electrons. The molecular formula is C15H17F3N2O. The highest BCUT2D eigenvalue weighted by Crippen LogP contribution is 2.36. The van der Waals surface area contributed by atoms with E-state index in [1.165, 1.54) is 22.9 Å². The van der Waals surface area contributed by atoms with Crippen molar-refractivity contribution < 1.29 is 18.3 Å². The van der Waals surface area contributed by atoms with Crippen LogP contribution >= 0.6 is 0 Å². The number of hydrogen-bond donors (Lipinski definition) is 1. The number of benzene rings is 1. The largest absolute Gasteiger partial charge is 0.416 e. The topological polar surface area (TPSA) is 38.0 Å². The van der Waals surface area contributed by atoms with Crippen LogP contribution in [0, 0.1) is 0 Å². The van der Waals surface area contributed by atoms with Crippen molar-refractivity contribution in [1.82, 2.24) is 9.78 Å². The van der Waals surface area contributed by atoms with Gasteiger partial charge in [-0.1, -0.05) is 25.1 Å². The predicted molar refractivity (Wildman–Crippen MR) is 72.8 cm³/mol. The minimum Gasteiger partial charge on any atom is -0.382 e. The van der Waals surface area contributed by atoms with E-state index >= 15 is 0 Å². The van der Waals surface area contributed by atoms with Gasteiger partial charge >= 0.3 is 6.18 Å². The third-order valence-electron chi connectivity index (χ3n) is 3.36. The summed E-state index contributed by atoms with van der Waals surface area (Å²) >= 11 is 0. The summed E-state index contributed by atoms with van der Waals surface area (Å²) in [4.78, 5) is 0. The average molecular weight is 298 g/mol. The van der Waals surface area contributed by atoms with Crippen LogP contribution in [0.5, 0.6) is 0 Å². The van der Waals surface area contributed by atoms with E-state index in [0.29, 0.717) is 18.7 Å². The highest BCUT2D eigenvalue weighted by molar-refractivity contribution is 5.36. The zero-order valence-corrected chi connectivity index (χ0v) is 11.9. The Morgan fingerprint density at radius 1 is 1.24 bits per heavy atom. The van der Waals surface area contributed by atoms with Crippen molar-refractivity contribution in [2.45, 2.75) is 39.1 Å². The monoisotopic (exact) mass is 298 g/mol. The van der Waals surface area contributed by atoms with Gasteiger partial charge in [0.15, 0.2) is 0 Å². The van der Waals surface area contributed by atoms with Crippen molar-refractivity contribution in [3.05, 3.63) is 52.8 Å². The molecular weight excluding hydrogens is 281 g/mol. The van der Waals surface area contributed by atoms with Gasteiger partial charge in [-0.05, 0) is 31.0 Å². The zero-order chi connectivity index (χ0) is 15.6. The number of nitrogens with zero attached hydrogens (tertiary/aromatic N) is 2. The summed E-state index contributed by atoms with van der Waals surface area (Å²) in [5.41, 5.74) is 0.156. The second-order valence-electron chi connectivity index (χ2n) is 4.72. The highest BCUT2D eigenvalue weighted by atomic mass is 19.4. The van der Waals surface area contributed by atoms with Crippen LogP contribution in [0.3, 0.4) is 0 Å². The molecule has 0 radical (unpaired) electrons. The van der Waals surface area contributed by atoms with Gasteiger partial charge in [0.2, 0.25) is 0 Å². The minimum absolute atomic E-state index is 0.151. The summed E-state index contributed by atoms with van der Waals surface area (Å²) in [6, 6.07) is 6.73. The van der Waals surface area contributed by atoms with E-state index in [1.54, 1.807) is 6.07 Å². The molecule has 0 bridgehead atoms. The van der Waals surface area contributed by atoms with E-state index in [0.717, 1.165) is 11.8 Å². The van der Waals surface area contributed by atoms with Crippen LogP contribution < -0.4 is 0 Å². The average Bonchev–Trinajstić information content (AvgIpc) is 2.89. The van der Waals surface area contributed by atoms with Crippen molar-refractivity contribution in [3.8, 4) is 0 Å².